The zero-order valence-electron chi connectivity index (χ0n) is 12.1. The number of nitrogens with zero attached hydrogens (tertiary/aromatic N) is 1. The number of halogens is 2. The van der Waals surface area contributed by atoms with Gasteiger partial charge in [-0.3, -0.25) is 0 Å². The highest BCUT2D eigenvalue weighted by Gasteiger charge is 2.10. The van der Waals surface area contributed by atoms with Gasteiger partial charge in [0.2, 0.25) is 0 Å². The molecule has 0 saturated heterocycles. The van der Waals surface area contributed by atoms with E-state index in [9.17, 15) is 0 Å². The molecule has 1 aromatic carbocycles. The third-order valence-corrected chi connectivity index (χ3v) is 3.80. The fraction of sp³-hybridized carbons (Fsp3) is 0.375. The first-order valence-electron chi connectivity index (χ1n) is 6.68. The lowest BCUT2D eigenvalue weighted by Crippen LogP contribution is -2.35. The van der Waals surface area contributed by atoms with Crippen molar-refractivity contribution in [1.82, 2.24) is 9.88 Å². The second kappa shape index (κ2) is 6.21. The maximum atomic E-state index is 6.06. The zero-order chi connectivity index (χ0) is 14.8. The van der Waals surface area contributed by atoms with Crippen LogP contribution in [0.3, 0.4) is 0 Å². The second-order valence-electron chi connectivity index (χ2n) is 5.98. The van der Waals surface area contributed by atoms with Crippen molar-refractivity contribution in [3.05, 3.63) is 57.8 Å². The molecule has 0 atom stereocenters. The molecule has 4 heteroatoms. The van der Waals surface area contributed by atoms with Crippen LogP contribution in [0.2, 0.25) is 10.0 Å². The predicted molar refractivity (Wildman–Crippen MR) is 86.6 cm³/mol. The second-order valence-corrected chi connectivity index (χ2v) is 6.79. The first-order chi connectivity index (χ1) is 9.35. The Hall–Kier alpha value is -0.960. The monoisotopic (exact) mass is 310 g/mol. The lowest BCUT2D eigenvalue weighted by atomic mass is 10.1. The largest absolute Gasteiger partial charge is 0.346 e. The summed E-state index contributed by atoms with van der Waals surface area (Å²) >= 11 is 12.0. The van der Waals surface area contributed by atoms with Gasteiger partial charge in [-0.05, 0) is 50.6 Å². The molecule has 0 aliphatic heterocycles. The molecule has 0 saturated carbocycles. The van der Waals surface area contributed by atoms with E-state index in [0.29, 0.717) is 10.0 Å². The first kappa shape index (κ1) is 15.4. The molecule has 1 heterocycles. The van der Waals surface area contributed by atoms with E-state index in [1.807, 2.05) is 18.2 Å². The Kier molecular flexibility index (Phi) is 4.79. The first-order valence-corrected chi connectivity index (χ1v) is 7.44. The summed E-state index contributed by atoms with van der Waals surface area (Å²) in [4.78, 5) is 0. The Morgan fingerprint density at radius 2 is 1.85 bits per heavy atom. The van der Waals surface area contributed by atoms with Crippen LogP contribution in [0.4, 0.5) is 0 Å². The number of hydrogen-bond donors (Lipinski definition) is 1. The molecule has 0 unspecified atom stereocenters. The van der Waals surface area contributed by atoms with Crippen LogP contribution in [0.15, 0.2) is 36.5 Å². The van der Waals surface area contributed by atoms with Crippen molar-refractivity contribution in [3.63, 3.8) is 0 Å². The van der Waals surface area contributed by atoms with Crippen molar-refractivity contribution >= 4 is 23.2 Å². The molecule has 0 aliphatic carbocycles. The molecule has 1 N–H and O–H groups in total. The van der Waals surface area contributed by atoms with Crippen molar-refractivity contribution in [2.45, 2.75) is 39.4 Å². The van der Waals surface area contributed by atoms with Crippen molar-refractivity contribution in [3.8, 4) is 0 Å². The standard InChI is InChI=1S/C16H20Cl2N2/c1-16(2,3)19-10-13-5-4-8-20(13)11-12-6-7-14(17)15(18)9-12/h4-9,19H,10-11H2,1-3H3. The summed E-state index contributed by atoms with van der Waals surface area (Å²) in [5, 5.41) is 4.70. The Morgan fingerprint density at radius 1 is 1.10 bits per heavy atom. The van der Waals surface area contributed by atoms with Gasteiger partial charge in [0.05, 0.1) is 10.0 Å². The summed E-state index contributed by atoms with van der Waals surface area (Å²) in [6.45, 7) is 8.14. The summed E-state index contributed by atoms with van der Waals surface area (Å²) in [5.74, 6) is 0. The fourth-order valence-electron chi connectivity index (χ4n) is 1.95. The van der Waals surface area contributed by atoms with Gasteiger partial charge >= 0.3 is 0 Å². The minimum absolute atomic E-state index is 0.110. The Bertz CT molecular complexity index is 582. The van der Waals surface area contributed by atoms with Crippen LogP contribution in [0.25, 0.3) is 0 Å². The Morgan fingerprint density at radius 3 is 2.50 bits per heavy atom. The summed E-state index contributed by atoms with van der Waals surface area (Å²) in [7, 11) is 0. The highest BCUT2D eigenvalue weighted by Crippen LogP contribution is 2.23. The van der Waals surface area contributed by atoms with Gasteiger partial charge in [0, 0.05) is 30.5 Å². The van der Waals surface area contributed by atoms with Gasteiger partial charge in [0.15, 0.2) is 0 Å². The molecular weight excluding hydrogens is 291 g/mol. The van der Waals surface area contributed by atoms with Gasteiger partial charge in [-0.25, -0.2) is 0 Å². The SMILES string of the molecule is CC(C)(C)NCc1cccn1Cc1ccc(Cl)c(Cl)c1. The van der Waals surface area contributed by atoms with Crippen molar-refractivity contribution < 1.29 is 0 Å². The van der Waals surface area contributed by atoms with Crippen LogP contribution >= 0.6 is 23.2 Å². The number of benzene rings is 1. The van der Waals surface area contributed by atoms with E-state index >= 15 is 0 Å². The molecule has 0 amide bonds. The summed E-state index contributed by atoms with van der Waals surface area (Å²) in [5.41, 5.74) is 2.51. The van der Waals surface area contributed by atoms with Crippen LogP contribution in [-0.2, 0) is 13.1 Å². The normalized spacial score (nSPS) is 11.8. The minimum atomic E-state index is 0.110. The Balaban J connectivity index is 2.10. The molecule has 0 spiro atoms. The van der Waals surface area contributed by atoms with Crippen LogP contribution < -0.4 is 5.32 Å². The van der Waals surface area contributed by atoms with Gasteiger partial charge < -0.3 is 9.88 Å². The Labute approximate surface area is 130 Å². The molecule has 2 aromatic rings. The van der Waals surface area contributed by atoms with E-state index in [4.69, 9.17) is 23.2 Å². The van der Waals surface area contributed by atoms with Crippen LogP contribution in [0.5, 0.6) is 0 Å². The molecule has 0 aliphatic rings. The van der Waals surface area contributed by atoms with Crippen LogP contribution in [0.1, 0.15) is 32.0 Å². The van der Waals surface area contributed by atoms with E-state index in [1.54, 1.807) is 0 Å². The molecule has 2 nitrogen and oxygen atoms in total. The maximum absolute atomic E-state index is 6.06. The van der Waals surface area contributed by atoms with Gasteiger partial charge in [0.25, 0.3) is 0 Å². The number of rotatable bonds is 4. The number of hydrogen-bond acceptors (Lipinski definition) is 1. The van der Waals surface area contributed by atoms with E-state index < -0.39 is 0 Å². The predicted octanol–water partition coefficient (Wildman–Crippen LogP) is 4.73. The van der Waals surface area contributed by atoms with Crippen molar-refractivity contribution in [2.75, 3.05) is 0 Å². The fourth-order valence-corrected chi connectivity index (χ4v) is 2.28. The molecule has 20 heavy (non-hydrogen) atoms. The van der Waals surface area contributed by atoms with E-state index in [1.165, 1.54) is 5.69 Å². The van der Waals surface area contributed by atoms with Crippen LogP contribution in [-0.4, -0.2) is 10.1 Å². The molecule has 0 bridgehead atoms. The molecule has 1 aromatic heterocycles. The van der Waals surface area contributed by atoms with Gasteiger partial charge in [0.1, 0.15) is 0 Å². The smallest absolute Gasteiger partial charge is 0.0595 e. The molecular formula is C16H20Cl2N2. The average Bonchev–Trinajstić information content (AvgIpc) is 2.78. The summed E-state index contributed by atoms with van der Waals surface area (Å²) in [6.07, 6.45) is 2.09. The number of aromatic nitrogens is 1. The quantitative estimate of drug-likeness (QED) is 0.863. The van der Waals surface area contributed by atoms with Gasteiger partial charge in [-0.2, -0.15) is 0 Å². The van der Waals surface area contributed by atoms with E-state index in [0.717, 1.165) is 18.7 Å². The molecule has 0 fully saturated rings. The van der Waals surface area contributed by atoms with Crippen molar-refractivity contribution in [2.24, 2.45) is 0 Å². The molecule has 0 radical (unpaired) electrons. The van der Waals surface area contributed by atoms with E-state index in [-0.39, 0.29) is 5.54 Å². The summed E-state index contributed by atoms with van der Waals surface area (Å²) < 4.78 is 2.22. The molecule has 108 valence electrons. The van der Waals surface area contributed by atoms with Gasteiger partial charge in [-0.15, -0.1) is 0 Å². The van der Waals surface area contributed by atoms with Crippen LogP contribution in [0, 0.1) is 0 Å². The number of nitrogens with one attached hydrogen (secondary N) is 1. The molecule has 2 rings (SSSR count). The third kappa shape index (κ3) is 4.27. The maximum Gasteiger partial charge on any atom is 0.0595 e. The average molecular weight is 311 g/mol. The minimum Gasteiger partial charge on any atom is -0.346 e. The van der Waals surface area contributed by atoms with Crippen molar-refractivity contribution in [1.29, 1.82) is 0 Å². The highest BCUT2D eigenvalue weighted by molar-refractivity contribution is 6.42. The highest BCUT2D eigenvalue weighted by atomic mass is 35.5. The third-order valence-electron chi connectivity index (χ3n) is 3.06. The van der Waals surface area contributed by atoms with E-state index in [2.05, 4.69) is 49.0 Å². The summed E-state index contributed by atoms with van der Waals surface area (Å²) in [6, 6.07) is 9.98. The lowest BCUT2D eigenvalue weighted by Gasteiger charge is -2.21. The van der Waals surface area contributed by atoms with Gasteiger partial charge in [-0.1, -0.05) is 29.3 Å². The zero-order valence-corrected chi connectivity index (χ0v) is 13.6. The topological polar surface area (TPSA) is 17.0 Å². The lowest BCUT2D eigenvalue weighted by molar-refractivity contribution is 0.417.